The van der Waals surface area contributed by atoms with Crippen LogP contribution in [-0.2, 0) is 6.42 Å². The second-order valence-electron chi connectivity index (χ2n) is 7.24. The Morgan fingerprint density at radius 2 is 2.00 bits per heavy atom. The first-order chi connectivity index (χ1) is 9.65. The maximum Gasteiger partial charge on any atom is 0.0236 e. The molecule has 1 N–H and O–H groups in total. The minimum Gasteiger partial charge on any atom is -0.311 e. The summed E-state index contributed by atoms with van der Waals surface area (Å²) in [5.41, 5.74) is 2.05. The van der Waals surface area contributed by atoms with Crippen LogP contribution < -0.4 is 5.32 Å². The lowest BCUT2D eigenvalue weighted by molar-refractivity contribution is 0.0414. The van der Waals surface area contributed by atoms with Gasteiger partial charge in [0.1, 0.15) is 0 Å². The fourth-order valence-electron chi connectivity index (χ4n) is 3.68. The summed E-state index contributed by atoms with van der Waals surface area (Å²) in [6, 6.07) is 12.2. The topological polar surface area (TPSA) is 15.3 Å². The van der Waals surface area contributed by atoms with Crippen molar-refractivity contribution < 1.29 is 0 Å². The Hall–Kier alpha value is -0.860. The van der Waals surface area contributed by atoms with Gasteiger partial charge in [0.25, 0.3) is 0 Å². The van der Waals surface area contributed by atoms with Gasteiger partial charge in [-0.1, -0.05) is 43.7 Å². The van der Waals surface area contributed by atoms with Gasteiger partial charge in [-0.25, -0.2) is 0 Å². The number of benzene rings is 1. The van der Waals surface area contributed by atoms with Crippen molar-refractivity contribution in [1.82, 2.24) is 10.2 Å². The van der Waals surface area contributed by atoms with Crippen molar-refractivity contribution in [3.05, 3.63) is 35.9 Å². The summed E-state index contributed by atoms with van der Waals surface area (Å²) in [5, 5.41) is 3.73. The number of piperazine rings is 1. The van der Waals surface area contributed by atoms with Gasteiger partial charge in [-0.05, 0) is 37.2 Å². The highest BCUT2D eigenvalue weighted by atomic mass is 15.2. The molecule has 110 valence electrons. The first-order valence-electron chi connectivity index (χ1n) is 8.16. The van der Waals surface area contributed by atoms with Gasteiger partial charge in [-0.3, -0.25) is 4.90 Å². The lowest BCUT2D eigenvalue weighted by atomic mass is 9.70. The van der Waals surface area contributed by atoms with Crippen molar-refractivity contribution in [2.45, 2.75) is 51.6 Å². The van der Waals surface area contributed by atoms with Crippen LogP contribution in [0.4, 0.5) is 0 Å². The van der Waals surface area contributed by atoms with Crippen LogP contribution >= 0.6 is 0 Å². The van der Waals surface area contributed by atoms with Crippen LogP contribution in [0.15, 0.2) is 30.3 Å². The first kappa shape index (κ1) is 14.1. The second kappa shape index (κ2) is 5.87. The van der Waals surface area contributed by atoms with Crippen molar-refractivity contribution in [3.63, 3.8) is 0 Å². The Morgan fingerprint density at radius 3 is 2.65 bits per heavy atom. The van der Waals surface area contributed by atoms with Crippen molar-refractivity contribution >= 4 is 0 Å². The molecule has 1 heterocycles. The maximum atomic E-state index is 3.73. The van der Waals surface area contributed by atoms with E-state index in [9.17, 15) is 0 Å². The van der Waals surface area contributed by atoms with Crippen molar-refractivity contribution in [1.29, 1.82) is 0 Å². The molecular formula is C18H28N2. The molecule has 2 unspecified atom stereocenters. The van der Waals surface area contributed by atoms with E-state index in [1.165, 1.54) is 37.9 Å². The van der Waals surface area contributed by atoms with E-state index < -0.39 is 0 Å². The van der Waals surface area contributed by atoms with E-state index in [-0.39, 0.29) is 0 Å². The number of hydrogen-bond donors (Lipinski definition) is 1. The summed E-state index contributed by atoms with van der Waals surface area (Å²) in [6.45, 7) is 8.46. The molecular weight excluding hydrogens is 244 g/mol. The highest BCUT2D eigenvalue weighted by Gasteiger charge is 2.36. The Bertz CT molecular complexity index is 424. The van der Waals surface area contributed by atoms with E-state index in [1.807, 2.05) is 0 Å². The van der Waals surface area contributed by atoms with Crippen LogP contribution in [0, 0.1) is 5.41 Å². The smallest absolute Gasteiger partial charge is 0.0236 e. The Labute approximate surface area is 123 Å². The molecule has 1 saturated carbocycles. The van der Waals surface area contributed by atoms with Gasteiger partial charge in [-0.2, -0.15) is 0 Å². The minimum atomic E-state index is 0.600. The molecule has 2 aliphatic rings. The third-order valence-corrected chi connectivity index (χ3v) is 5.25. The summed E-state index contributed by atoms with van der Waals surface area (Å²) in [4.78, 5) is 2.73. The van der Waals surface area contributed by atoms with Crippen molar-refractivity contribution in [2.75, 3.05) is 19.6 Å². The first-order valence-corrected chi connectivity index (χ1v) is 8.16. The number of rotatable bonds is 4. The quantitative estimate of drug-likeness (QED) is 0.906. The predicted octanol–water partition coefficient (Wildman–Crippen LogP) is 3.08. The Balaban J connectivity index is 1.58. The maximum absolute atomic E-state index is 3.73. The summed E-state index contributed by atoms with van der Waals surface area (Å²) in [6.07, 6.45) is 5.44. The number of nitrogens with one attached hydrogen (secondary N) is 1. The lowest BCUT2D eigenvalue weighted by Crippen LogP contribution is -2.58. The normalized spacial score (nSPS) is 29.9. The minimum absolute atomic E-state index is 0.600. The van der Waals surface area contributed by atoms with Gasteiger partial charge >= 0.3 is 0 Å². The van der Waals surface area contributed by atoms with Gasteiger partial charge < -0.3 is 5.32 Å². The fourth-order valence-corrected chi connectivity index (χ4v) is 3.68. The molecule has 2 nitrogen and oxygen atoms in total. The molecule has 1 aliphatic carbocycles. The van der Waals surface area contributed by atoms with Crippen LogP contribution in [0.3, 0.4) is 0 Å². The monoisotopic (exact) mass is 272 g/mol. The number of hydrogen-bond acceptors (Lipinski definition) is 2. The van der Waals surface area contributed by atoms with Crippen LogP contribution in [-0.4, -0.2) is 36.6 Å². The highest BCUT2D eigenvalue weighted by molar-refractivity contribution is 5.16. The molecule has 0 bridgehead atoms. The third kappa shape index (κ3) is 3.24. The molecule has 20 heavy (non-hydrogen) atoms. The van der Waals surface area contributed by atoms with Crippen LogP contribution in [0.2, 0.25) is 0 Å². The highest BCUT2D eigenvalue weighted by Crippen LogP contribution is 2.41. The zero-order valence-electron chi connectivity index (χ0n) is 12.9. The lowest BCUT2D eigenvalue weighted by Gasteiger charge is -2.47. The molecule has 3 rings (SSSR count). The van der Waals surface area contributed by atoms with E-state index in [0.29, 0.717) is 17.5 Å². The standard InChI is InChI=1S/C18H28N2/c1-15-12-19-17(11-16-7-4-3-5-8-16)13-20(15)14-18(2)9-6-10-18/h3-5,7-8,15,17,19H,6,9-14H2,1-2H3. The van der Waals surface area contributed by atoms with Gasteiger partial charge in [-0.15, -0.1) is 0 Å². The van der Waals surface area contributed by atoms with Crippen LogP contribution in [0.5, 0.6) is 0 Å². The van der Waals surface area contributed by atoms with Gasteiger partial charge in [0.15, 0.2) is 0 Å². The zero-order valence-corrected chi connectivity index (χ0v) is 12.9. The van der Waals surface area contributed by atoms with E-state index in [2.05, 4.69) is 54.4 Å². The van der Waals surface area contributed by atoms with Crippen molar-refractivity contribution in [2.24, 2.45) is 5.41 Å². The predicted molar refractivity (Wildman–Crippen MR) is 84.9 cm³/mol. The molecule has 2 fully saturated rings. The van der Waals surface area contributed by atoms with Crippen molar-refractivity contribution in [3.8, 4) is 0 Å². The molecule has 0 spiro atoms. The van der Waals surface area contributed by atoms with Crippen LogP contribution in [0.25, 0.3) is 0 Å². The average molecular weight is 272 g/mol. The zero-order chi connectivity index (χ0) is 14.0. The van der Waals surface area contributed by atoms with E-state index in [0.717, 1.165) is 13.0 Å². The van der Waals surface area contributed by atoms with E-state index in [4.69, 9.17) is 0 Å². The molecule has 2 atom stereocenters. The molecule has 1 aromatic rings. The van der Waals surface area contributed by atoms with Gasteiger partial charge in [0.05, 0.1) is 0 Å². The molecule has 1 aromatic carbocycles. The SMILES string of the molecule is CC1CNC(Cc2ccccc2)CN1CC1(C)CCC1. The Morgan fingerprint density at radius 1 is 1.25 bits per heavy atom. The Kier molecular flexibility index (Phi) is 4.13. The molecule has 0 aromatic heterocycles. The third-order valence-electron chi connectivity index (χ3n) is 5.25. The fraction of sp³-hybridized carbons (Fsp3) is 0.667. The molecule has 2 heteroatoms. The molecule has 0 amide bonds. The summed E-state index contributed by atoms with van der Waals surface area (Å²) < 4.78 is 0. The van der Waals surface area contributed by atoms with E-state index in [1.54, 1.807) is 0 Å². The summed E-state index contributed by atoms with van der Waals surface area (Å²) >= 11 is 0. The molecule has 0 radical (unpaired) electrons. The number of nitrogens with zero attached hydrogens (tertiary/aromatic N) is 1. The average Bonchev–Trinajstić information content (AvgIpc) is 2.42. The molecule has 1 saturated heterocycles. The van der Waals surface area contributed by atoms with Gasteiger partial charge in [0, 0.05) is 31.7 Å². The van der Waals surface area contributed by atoms with Crippen LogP contribution in [0.1, 0.15) is 38.7 Å². The largest absolute Gasteiger partial charge is 0.311 e. The second-order valence-corrected chi connectivity index (χ2v) is 7.24. The van der Waals surface area contributed by atoms with E-state index >= 15 is 0 Å². The summed E-state index contributed by atoms with van der Waals surface area (Å²) in [5.74, 6) is 0. The van der Waals surface area contributed by atoms with Gasteiger partial charge in [0.2, 0.25) is 0 Å². The molecule has 1 aliphatic heterocycles. The summed E-state index contributed by atoms with van der Waals surface area (Å²) in [7, 11) is 0.